The van der Waals surface area contributed by atoms with Gasteiger partial charge in [0.1, 0.15) is 5.82 Å². The maximum absolute atomic E-state index is 13.6. The largest absolute Gasteiger partial charge is 0.398 e. The second-order valence-corrected chi connectivity index (χ2v) is 5.31. The fourth-order valence-corrected chi connectivity index (χ4v) is 2.35. The van der Waals surface area contributed by atoms with E-state index >= 15 is 0 Å². The predicted octanol–water partition coefficient (Wildman–Crippen LogP) is 3.61. The molecule has 0 fully saturated rings. The first kappa shape index (κ1) is 15.3. The number of aryl methyl sites for hydroxylation is 2. The highest BCUT2D eigenvalue weighted by Crippen LogP contribution is 2.23. The monoisotopic (exact) mass is 306 g/mol. The number of amides is 1. The topological polar surface area (TPSA) is 55.1 Å². The van der Waals surface area contributed by atoms with Gasteiger partial charge in [-0.2, -0.15) is 0 Å². The molecule has 3 nitrogen and oxygen atoms in total. The predicted molar refractivity (Wildman–Crippen MR) is 82.9 cm³/mol. The van der Waals surface area contributed by atoms with Crippen molar-refractivity contribution in [2.75, 3.05) is 5.73 Å². The molecule has 21 heavy (non-hydrogen) atoms. The summed E-state index contributed by atoms with van der Waals surface area (Å²) in [5, 5.41) is 2.99. The Balaban J connectivity index is 2.13. The average molecular weight is 307 g/mol. The van der Waals surface area contributed by atoms with Crippen LogP contribution in [-0.2, 0) is 6.54 Å². The summed E-state index contributed by atoms with van der Waals surface area (Å²) < 4.78 is 13.6. The lowest BCUT2D eigenvalue weighted by atomic mass is 10.1. The summed E-state index contributed by atoms with van der Waals surface area (Å²) in [5.41, 5.74) is 8.30. The molecule has 0 radical (unpaired) electrons. The molecule has 0 aromatic heterocycles. The normalized spacial score (nSPS) is 10.5. The average Bonchev–Trinajstić information content (AvgIpc) is 2.45. The van der Waals surface area contributed by atoms with Crippen LogP contribution in [0.15, 0.2) is 30.3 Å². The van der Waals surface area contributed by atoms with Crippen molar-refractivity contribution in [3.05, 3.63) is 63.4 Å². The lowest BCUT2D eigenvalue weighted by Crippen LogP contribution is -2.23. The first-order valence-electron chi connectivity index (χ1n) is 6.48. The molecule has 2 aromatic carbocycles. The number of nitrogens with two attached hydrogens (primary N) is 1. The summed E-state index contributed by atoms with van der Waals surface area (Å²) in [6, 6.07) is 8.33. The summed E-state index contributed by atoms with van der Waals surface area (Å²) in [6.07, 6.45) is 0. The Bertz CT molecular complexity index is 678. The quantitative estimate of drug-likeness (QED) is 0.851. The van der Waals surface area contributed by atoms with E-state index in [1.54, 1.807) is 44.2 Å². The number of carbonyl (C=O) groups is 1. The van der Waals surface area contributed by atoms with Crippen molar-refractivity contribution in [3.8, 4) is 0 Å². The third-order valence-corrected chi connectivity index (χ3v) is 3.64. The summed E-state index contributed by atoms with van der Waals surface area (Å²) in [7, 11) is 0. The number of hydrogen-bond acceptors (Lipinski definition) is 2. The Kier molecular flexibility index (Phi) is 4.48. The SMILES string of the molecule is Cc1cc(CNC(=O)c2cccc(N)c2Cl)cc(C)c1F. The highest BCUT2D eigenvalue weighted by Gasteiger charge is 2.12. The maximum Gasteiger partial charge on any atom is 0.253 e. The second-order valence-electron chi connectivity index (χ2n) is 4.94. The molecular formula is C16H16ClFN2O. The molecule has 0 heterocycles. The van der Waals surface area contributed by atoms with E-state index < -0.39 is 0 Å². The van der Waals surface area contributed by atoms with E-state index in [2.05, 4.69) is 5.32 Å². The Morgan fingerprint density at radius 3 is 2.52 bits per heavy atom. The standard InChI is InChI=1S/C16H16ClFN2O/c1-9-6-11(7-10(2)15(9)18)8-20-16(21)12-4-3-5-13(19)14(12)17/h3-7H,8,19H2,1-2H3,(H,20,21). The first-order chi connectivity index (χ1) is 9.90. The number of benzene rings is 2. The van der Waals surface area contributed by atoms with Crippen molar-refractivity contribution < 1.29 is 9.18 Å². The molecule has 2 rings (SSSR count). The molecule has 0 unspecified atom stereocenters. The van der Waals surface area contributed by atoms with Gasteiger partial charge in [-0.1, -0.05) is 29.8 Å². The highest BCUT2D eigenvalue weighted by atomic mass is 35.5. The van der Waals surface area contributed by atoms with E-state index in [1.165, 1.54) is 0 Å². The number of anilines is 1. The van der Waals surface area contributed by atoms with Gasteiger partial charge in [0.25, 0.3) is 5.91 Å². The van der Waals surface area contributed by atoms with Gasteiger partial charge in [-0.3, -0.25) is 4.79 Å². The molecule has 0 saturated carbocycles. The van der Waals surface area contributed by atoms with Crippen molar-refractivity contribution in [2.45, 2.75) is 20.4 Å². The van der Waals surface area contributed by atoms with Crippen LogP contribution in [0.1, 0.15) is 27.0 Å². The minimum atomic E-state index is -0.313. The van der Waals surface area contributed by atoms with Gasteiger partial charge < -0.3 is 11.1 Å². The van der Waals surface area contributed by atoms with Crippen LogP contribution in [-0.4, -0.2) is 5.91 Å². The van der Waals surface area contributed by atoms with Gasteiger partial charge in [0.15, 0.2) is 0 Å². The molecule has 0 atom stereocenters. The Morgan fingerprint density at radius 2 is 1.90 bits per heavy atom. The molecule has 0 aliphatic carbocycles. The molecule has 0 aliphatic heterocycles. The number of nitrogen functional groups attached to an aromatic ring is 1. The number of rotatable bonds is 3. The lowest BCUT2D eigenvalue weighted by Gasteiger charge is -2.10. The van der Waals surface area contributed by atoms with Crippen LogP contribution in [0.3, 0.4) is 0 Å². The van der Waals surface area contributed by atoms with E-state index in [-0.39, 0.29) is 16.7 Å². The minimum Gasteiger partial charge on any atom is -0.398 e. The highest BCUT2D eigenvalue weighted by molar-refractivity contribution is 6.36. The number of hydrogen-bond donors (Lipinski definition) is 2. The van der Waals surface area contributed by atoms with Crippen LogP contribution in [0.2, 0.25) is 5.02 Å². The molecule has 0 spiro atoms. The van der Waals surface area contributed by atoms with E-state index in [0.29, 0.717) is 28.9 Å². The van der Waals surface area contributed by atoms with Crippen LogP contribution in [0.25, 0.3) is 0 Å². The van der Waals surface area contributed by atoms with Crippen LogP contribution in [0.5, 0.6) is 0 Å². The lowest BCUT2D eigenvalue weighted by molar-refractivity contribution is 0.0951. The molecule has 2 aromatic rings. The van der Waals surface area contributed by atoms with Gasteiger partial charge in [-0.05, 0) is 42.7 Å². The van der Waals surface area contributed by atoms with Crippen molar-refractivity contribution >= 4 is 23.2 Å². The van der Waals surface area contributed by atoms with Crippen molar-refractivity contribution in [1.29, 1.82) is 0 Å². The maximum atomic E-state index is 13.6. The van der Waals surface area contributed by atoms with Crippen LogP contribution < -0.4 is 11.1 Å². The van der Waals surface area contributed by atoms with Crippen LogP contribution >= 0.6 is 11.6 Å². The van der Waals surface area contributed by atoms with E-state index in [0.717, 1.165) is 5.56 Å². The fraction of sp³-hybridized carbons (Fsp3) is 0.188. The van der Waals surface area contributed by atoms with E-state index in [1.807, 2.05) is 0 Å². The molecule has 0 aliphatic rings. The number of halogens is 2. The molecule has 110 valence electrons. The Hall–Kier alpha value is -2.07. The van der Waals surface area contributed by atoms with Gasteiger partial charge >= 0.3 is 0 Å². The third kappa shape index (κ3) is 3.34. The van der Waals surface area contributed by atoms with Gasteiger partial charge in [0, 0.05) is 6.54 Å². The fourth-order valence-electron chi connectivity index (χ4n) is 2.14. The number of nitrogens with one attached hydrogen (secondary N) is 1. The summed E-state index contributed by atoms with van der Waals surface area (Å²) >= 11 is 6.01. The van der Waals surface area contributed by atoms with Crippen LogP contribution in [0.4, 0.5) is 10.1 Å². The molecular weight excluding hydrogens is 291 g/mol. The van der Waals surface area contributed by atoms with Gasteiger partial charge in [-0.15, -0.1) is 0 Å². The second kappa shape index (κ2) is 6.14. The molecule has 1 amide bonds. The van der Waals surface area contributed by atoms with E-state index in [9.17, 15) is 9.18 Å². The van der Waals surface area contributed by atoms with Crippen LogP contribution in [0, 0.1) is 19.7 Å². The van der Waals surface area contributed by atoms with Crippen molar-refractivity contribution in [3.63, 3.8) is 0 Å². The third-order valence-electron chi connectivity index (χ3n) is 3.22. The molecule has 0 saturated heterocycles. The molecule has 3 N–H and O–H groups in total. The van der Waals surface area contributed by atoms with E-state index in [4.69, 9.17) is 17.3 Å². The zero-order chi connectivity index (χ0) is 15.6. The van der Waals surface area contributed by atoms with Gasteiger partial charge in [0.05, 0.1) is 16.3 Å². The van der Waals surface area contributed by atoms with Gasteiger partial charge in [-0.25, -0.2) is 4.39 Å². The first-order valence-corrected chi connectivity index (χ1v) is 6.85. The zero-order valence-electron chi connectivity index (χ0n) is 11.8. The van der Waals surface area contributed by atoms with Crippen molar-refractivity contribution in [2.24, 2.45) is 0 Å². The minimum absolute atomic E-state index is 0.219. The van der Waals surface area contributed by atoms with Gasteiger partial charge in [0.2, 0.25) is 0 Å². The number of carbonyl (C=O) groups excluding carboxylic acids is 1. The summed E-state index contributed by atoms with van der Waals surface area (Å²) in [5.74, 6) is -0.532. The smallest absolute Gasteiger partial charge is 0.253 e. The summed E-state index contributed by atoms with van der Waals surface area (Å²) in [6.45, 7) is 3.69. The molecule has 5 heteroatoms. The Morgan fingerprint density at radius 1 is 1.29 bits per heavy atom. The molecule has 0 bridgehead atoms. The Labute approximate surface area is 127 Å². The zero-order valence-corrected chi connectivity index (χ0v) is 12.6. The van der Waals surface area contributed by atoms with Crippen molar-refractivity contribution in [1.82, 2.24) is 5.32 Å². The summed E-state index contributed by atoms with van der Waals surface area (Å²) in [4.78, 5) is 12.1.